The molecule has 2 heterocycles. The van der Waals surface area contributed by atoms with Crippen LogP contribution in [0, 0.1) is 11.3 Å². The van der Waals surface area contributed by atoms with Crippen molar-refractivity contribution in [3.05, 3.63) is 28.6 Å². The molecule has 0 atom stereocenters. The number of unbranched alkanes of at least 4 members (excludes halogenated alkanes) is 1. The van der Waals surface area contributed by atoms with E-state index in [0.29, 0.717) is 52.2 Å². The van der Waals surface area contributed by atoms with Gasteiger partial charge >= 0.3 is 5.97 Å². The number of ether oxygens (including phenoxy) is 1. The summed E-state index contributed by atoms with van der Waals surface area (Å²) < 4.78 is 5.42. The molecule has 0 aliphatic carbocycles. The number of methoxy groups -OCH3 is 1. The van der Waals surface area contributed by atoms with Gasteiger partial charge in [0.1, 0.15) is 32.9 Å². The lowest BCUT2D eigenvalue weighted by atomic mass is 9.96. The van der Waals surface area contributed by atoms with Gasteiger partial charge in [-0.1, -0.05) is 6.07 Å². The smallest absolute Gasteiger partial charge is 0.303 e. The first-order valence-electron chi connectivity index (χ1n) is 9.63. The molecule has 0 saturated carbocycles. The summed E-state index contributed by atoms with van der Waals surface area (Å²) in [6.07, 6.45) is 1.28. The first-order chi connectivity index (χ1) is 15.3. The Morgan fingerprint density at radius 2 is 2.06 bits per heavy atom. The molecule has 2 aromatic heterocycles. The highest BCUT2D eigenvalue weighted by Crippen LogP contribution is 2.43. The van der Waals surface area contributed by atoms with Crippen molar-refractivity contribution in [3.8, 4) is 22.9 Å². The van der Waals surface area contributed by atoms with Gasteiger partial charge in [0, 0.05) is 23.9 Å². The van der Waals surface area contributed by atoms with E-state index in [9.17, 15) is 14.9 Å². The summed E-state index contributed by atoms with van der Waals surface area (Å²) in [5.74, 6) is -0.935. The number of hydrogen-bond acceptors (Lipinski definition) is 9. The van der Waals surface area contributed by atoms with Crippen LogP contribution in [0.25, 0.3) is 21.3 Å². The van der Waals surface area contributed by atoms with Crippen LogP contribution < -0.4 is 27.3 Å². The standard InChI is InChI=1S/C21H22N6O4S/c1-31-13-6-5-10(8-12(13)26-7-3-2-4-14(28)29)15-11(9-22)19(24)27-21-16(15)17(23)18(32-21)20(25)30/h5-6,8,26H,2-4,7,23H2,1H3,(H2,24,27)(H2,25,30)(H,28,29). The molecule has 0 radical (unpaired) electrons. The van der Waals surface area contributed by atoms with Crippen LogP contribution >= 0.6 is 11.3 Å². The number of benzene rings is 1. The Hall–Kier alpha value is -4.04. The predicted molar refractivity (Wildman–Crippen MR) is 124 cm³/mol. The van der Waals surface area contributed by atoms with E-state index < -0.39 is 11.9 Å². The van der Waals surface area contributed by atoms with E-state index in [4.69, 9.17) is 27.0 Å². The predicted octanol–water partition coefficient (Wildman–Crippen LogP) is 2.77. The number of carbonyl (C=O) groups is 2. The molecule has 0 bridgehead atoms. The molecular formula is C21H22N6O4S. The average Bonchev–Trinajstić information content (AvgIpc) is 3.08. The Morgan fingerprint density at radius 1 is 1.31 bits per heavy atom. The number of aromatic nitrogens is 1. The summed E-state index contributed by atoms with van der Waals surface area (Å²) >= 11 is 1.02. The van der Waals surface area contributed by atoms with Crippen LogP contribution in [-0.2, 0) is 4.79 Å². The Bertz CT molecular complexity index is 1250. The Labute approximate surface area is 187 Å². The molecular weight excluding hydrogens is 432 g/mol. The first kappa shape index (κ1) is 22.6. The minimum atomic E-state index is -0.836. The lowest BCUT2D eigenvalue weighted by Crippen LogP contribution is -2.10. The minimum absolute atomic E-state index is 0.0197. The quantitative estimate of drug-likeness (QED) is 0.302. The second-order valence-electron chi connectivity index (χ2n) is 6.94. The lowest BCUT2D eigenvalue weighted by Gasteiger charge is -2.15. The van der Waals surface area contributed by atoms with Gasteiger partial charge in [-0.2, -0.15) is 5.26 Å². The number of amides is 1. The van der Waals surface area contributed by atoms with Crippen molar-refractivity contribution in [1.82, 2.24) is 4.98 Å². The number of pyridine rings is 1. The third-order valence-electron chi connectivity index (χ3n) is 4.86. The number of carboxylic acids is 1. The molecule has 1 aromatic carbocycles. The van der Waals surface area contributed by atoms with Crippen molar-refractivity contribution in [2.75, 3.05) is 30.4 Å². The number of aliphatic carboxylic acids is 1. The number of nitriles is 1. The second kappa shape index (κ2) is 9.40. The second-order valence-corrected chi connectivity index (χ2v) is 7.94. The van der Waals surface area contributed by atoms with Crippen LogP contribution in [-0.4, -0.2) is 35.6 Å². The summed E-state index contributed by atoms with van der Waals surface area (Å²) in [6, 6.07) is 7.35. The fraction of sp³-hybridized carbons (Fsp3) is 0.238. The van der Waals surface area contributed by atoms with Crippen LogP contribution in [0.1, 0.15) is 34.5 Å². The van der Waals surface area contributed by atoms with Gasteiger partial charge in [0.2, 0.25) is 0 Å². The van der Waals surface area contributed by atoms with Crippen LogP contribution in [0.4, 0.5) is 17.2 Å². The number of nitrogens with zero attached hydrogens (tertiary/aromatic N) is 2. The van der Waals surface area contributed by atoms with Gasteiger partial charge in [0.25, 0.3) is 5.91 Å². The maximum Gasteiger partial charge on any atom is 0.303 e. The van der Waals surface area contributed by atoms with Crippen LogP contribution in [0.5, 0.6) is 5.75 Å². The topological polar surface area (TPSA) is 190 Å². The van der Waals surface area contributed by atoms with Crippen molar-refractivity contribution in [1.29, 1.82) is 5.26 Å². The highest BCUT2D eigenvalue weighted by atomic mass is 32.1. The highest BCUT2D eigenvalue weighted by molar-refractivity contribution is 7.21. The number of nitrogen functional groups attached to an aromatic ring is 2. The highest BCUT2D eigenvalue weighted by Gasteiger charge is 2.23. The Balaban J connectivity index is 2.10. The molecule has 8 N–H and O–H groups in total. The zero-order chi connectivity index (χ0) is 23.4. The molecule has 166 valence electrons. The SMILES string of the molecule is COc1ccc(-c2c(C#N)c(N)nc3sc(C(N)=O)c(N)c23)cc1NCCCCC(=O)O. The average molecular weight is 455 g/mol. The minimum Gasteiger partial charge on any atom is -0.495 e. The van der Waals surface area contributed by atoms with Gasteiger partial charge in [-0.3, -0.25) is 9.59 Å². The molecule has 0 unspecified atom stereocenters. The van der Waals surface area contributed by atoms with Gasteiger partial charge in [-0.05, 0) is 30.5 Å². The number of thiophene rings is 1. The van der Waals surface area contributed by atoms with Crippen molar-refractivity contribution in [3.63, 3.8) is 0 Å². The van der Waals surface area contributed by atoms with E-state index in [0.717, 1.165) is 11.3 Å². The number of hydrogen-bond donors (Lipinski definition) is 5. The Morgan fingerprint density at radius 3 is 2.69 bits per heavy atom. The molecule has 1 amide bonds. The monoisotopic (exact) mass is 454 g/mol. The zero-order valence-electron chi connectivity index (χ0n) is 17.3. The van der Waals surface area contributed by atoms with Gasteiger partial charge in [0.15, 0.2) is 0 Å². The van der Waals surface area contributed by atoms with Crippen molar-refractivity contribution in [2.45, 2.75) is 19.3 Å². The van der Waals surface area contributed by atoms with Gasteiger partial charge in [-0.25, -0.2) is 4.98 Å². The van der Waals surface area contributed by atoms with Crippen LogP contribution in [0.3, 0.4) is 0 Å². The molecule has 0 aliphatic rings. The normalized spacial score (nSPS) is 10.6. The van der Waals surface area contributed by atoms with E-state index in [-0.39, 0.29) is 28.4 Å². The molecule has 32 heavy (non-hydrogen) atoms. The largest absolute Gasteiger partial charge is 0.495 e. The van der Waals surface area contributed by atoms with Crippen molar-refractivity contribution < 1.29 is 19.4 Å². The number of carbonyl (C=O) groups excluding carboxylic acids is 1. The number of fused-ring (bicyclic) bond motifs is 1. The maximum atomic E-state index is 11.8. The molecule has 0 saturated heterocycles. The number of rotatable bonds is 9. The van der Waals surface area contributed by atoms with Gasteiger partial charge in [-0.15, -0.1) is 11.3 Å². The third kappa shape index (κ3) is 4.35. The number of nitrogens with two attached hydrogens (primary N) is 3. The summed E-state index contributed by atoms with van der Waals surface area (Å²) in [4.78, 5) is 27.3. The Kier molecular flexibility index (Phi) is 6.65. The molecule has 0 spiro atoms. The maximum absolute atomic E-state index is 11.8. The summed E-state index contributed by atoms with van der Waals surface area (Å²) in [6.45, 7) is 0.526. The van der Waals surface area contributed by atoms with Crippen molar-refractivity contribution in [2.24, 2.45) is 5.73 Å². The van der Waals surface area contributed by atoms with E-state index >= 15 is 0 Å². The summed E-state index contributed by atoms with van der Waals surface area (Å²) in [5.41, 5.74) is 19.7. The fourth-order valence-electron chi connectivity index (χ4n) is 3.38. The number of anilines is 3. The third-order valence-corrected chi connectivity index (χ3v) is 5.98. The van der Waals surface area contributed by atoms with Gasteiger partial charge < -0.3 is 32.4 Å². The fourth-order valence-corrected chi connectivity index (χ4v) is 4.34. The van der Waals surface area contributed by atoms with E-state index in [2.05, 4.69) is 16.4 Å². The molecule has 0 fully saturated rings. The van der Waals surface area contributed by atoms with Gasteiger partial charge in [0.05, 0.1) is 18.5 Å². The molecule has 10 nitrogen and oxygen atoms in total. The molecule has 11 heteroatoms. The van der Waals surface area contributed by atoms with E-state index in [1.165, 1.54) is 7.11 Å². The molecule has 0 aliphatic heterocycles. The van der Waals surface area contributed by atoms with Crippen LogP contribution in [0.15, 0.2) is 18.2 Å². The van der Waals surface area contributed by atoms with Crippen LogP contribution in [0.2, 0.25) is 0 Å². The molecule has 3 rings (SSSR count). The number of nitrogens with one attached hydrogen (secondary N) is 1. The molecule has 3 aromatic rings. The first-order valence-corrected chi connectivity index (χ1v) is 10.5. The zero-order valence-corrected chi connectivity index (χ0v) is 18.1. The number of primary amides is 1. The van der Waals surface area contributed by atoms with E-state index in [1.54, 1.807) is 18.2 Å². The van der Waals surface area contributed by atoms with E-state index in [1.807, 2.05) is 0 Å². The number of carboxylic acid groups (broad SMARTS) is 1. The summed E-state index contributed by atoms with van der Waals surface area (Å²) in [5, 5.41) is 22.2. The van der Waals surface area contributed by atoms with Crippen molar-refractivity contribution >= 4 is 50.6 Å². The lowest BCUT2D eigenvalue weighted by molar-refractivity contribution is -0.137. The summed E-state index contributed by atoms with van der Waals surface area (Å²) in [7, 11) is 1.53.